The van der Waals surface area contributed by atoms with Crippen LogP contribution in [0.15, 0.2) is 72.8 Å². The lowest BCUT2D eigenvalue weighted by Gasteiger charge is -2.43. The summed E-state index contributed by atoms with van der Waals surface area (Å²) in [4.78, 5) is 15.1. The number of benzene rings is 3. The van der Waals surface area contributed by atoms with Gasteiger partial charge in [0.2, 0.25) is 10.0 Å². The van der Waals surface area contributed by atoms with Crippen LogP contribution in [0.3, 0.4) is 0 Å². The number of carbonyl (C=O) groups excluding carboxylic acids is 1. The van der Waals surface area contributed by atoms with Crippen molar-refractivity contribution in [2.24, 2.45) is 0 Å². The second-order valence-electron chi connectivity index (χ2n) is 12.5. The maximum absolute atomic E-state index is 13.4. The van der Waals surface area contributed by atoms with Crippen LogP contribution in [0, 0.1) is 0 Å². The Kier molecular flexibility index (Phi) is 12.9. The van der Waals surface area contributed by atoms with E-state index in [2.05, 4.69) is 30.0 Å². The minimum atomic E-state index is -3.59. The smallest absolute Gasteiger partial charge is 0.415 e. The van der Waals surface area contributed by atoms with E-state index in [4.69, 9.17) is 9.47 Å². The Hall–Kier alpha value is -3.31. The Morgan fingerprint density at radius 3 is 2.30 bits per heavy atom. The van der Waals surface area contributed by atoms with Gasteiger partial charge in [-0.2, -0.15) is 0 Å². The van der Waals surface area contributed by atoms with Gasteiger partial charge in [-0.15, -0.1) is 12.4 Å². The molecule has 0 aliphatic carbocycles. The van der Waals surface area contributed by atoms with Crippen LogP contribution in [0.25, 0.3) is 0 Å². The Balaban J connectivity index is 0.00000576. The summed E-state index contributed by atoms with van der Waals surface area (Å²) in [7, 11) is -3.59. The number of sulfonamides is 1. The number of aliphatic hydroxyl groups is 1. The van der Waals surface area contributed by atoms with Crippen LogP contribution in [0.1, 0.15) is 82.6 Å². The molecule has 252 valence electrons. The van der Waals surface area contributed by atoms with Gasteiger partial charge in [0.05, 0.1) is 23.7 Å². The highest BCUT2D eigenvalue weighted by atomic mass is 35.5. The third kappa shape index (κ3) is 9.61. The zero-order valence-electron chi connectivity index (χ0n) is 27.4. The van der Waals surface area contributed by atoms with E-state index in [1.165, 1.54) is 0 Å². The van der Waals surface area contributed by atoms with Crippen molar-refractivity contribution >= 4 is 39.9 Å². The number of β-amino-alcohol motifs (C(OH)–C–C–N with tert-alkyl or cyclic N) is 1. The van der Waals surface area contributed by atoms with Crippen molar-refractivity contribution in [1.29, 1.82) is 0 Å². The number of para-hydroxylation sites is 1. The highest BCUT2D eigenvalue weighted by molar-refractivity contribution is 7.92. The molecule has 1 unspecified atom stereocenters. The van der Waals surface area contributed by atoms with Gasteiger partial charge in [0.1, 0.15) is 18.0 Å². The molecule has 1 amide bonds. The summed E-state index contributed by atoms with van der Waals surface area (Å²) in [6.07, 6.45) is 3.82. The Morgan fingerprint density at radius 2 is 1.65 bits per heavy atom. The molecule has 0 aromatic heterocycles. The van der Waals surface area contributed by atoms with Crippen molar-refractivity contribution in [2.75, 3.05) is 29.0 Å². The number of hydrogen-bond acceptors (Lipinski definition) is 7. The third-order valence-electron chi connectivity index (χ3n) is 8.15. The zero-order valence-corrected chi connectivity index (χ0v) is 29.0. The van der Waals surface area contributed by atoms with Crippen molar-refractivity contribution in [3.8, 4) is 5.75 Å². The number of aliphatic hydroxyl groups excluding tert-OH is 1. The average molecular weight is 674 g/mol. The van der Waals surface area contributed by atoms with Gasteiger partial charge >= 0.3 is 6.09 Å². The summed E-state index contributed by atoms with van der Waals surface area (Å²) in [5.41, 5.74) is 2.65. The van der Waals surface area contributed by atoms with Gasteiger partial charge in [-0.05, 0) is 62.4 Å². The Labute approximate surface area is 280 Å². The topological polar surface area (TPSA) is 117 Å². The number of carbonyl (C=O) groups is 1. The number of hydrogen-bond donors (Lipinski definition) is 3. The molecule has 1 heterocycles. The first-order valence-electron chi connectivity index (χ1n) is 15.7. The monoisotopic (exact) mass is 673 g/mol. The molecule has 0 fully saturated rings. The number of nitrogens with one attached hydrogen (secondary N) is 2. The molecule has 1 atom stereocenters. The maximum atomic E-state index is 13.4. The van der Waals surface area contributed by atoms with Gasteiger partial charge in [-0.3, -0.25) is 9.62 Å². The summed E-state index contributed by atoms with van der Waals surface area (Å²) < 4.78 is 38.8. The van der Waals surface area contributed by atoms with Crippen molar-refractivity contribution in [2.45, 2.75) is 83.6 Å². The largest absolute Gasteiger partial charge is 0.487 e. The first-order valence-corrected chi connectivity index (χ1v) is 17.6. The lowest BCUT2D eigenvalue weighted by atomic mass is 9.82. The molecular weight excluding hydrogens is 626 g/mol. The molecule has 0 saturated heterocycles. The molecule has 0 saturated carbocycles. The van der Waals surface area contributed by atoms with Crippen LogP contribution in [0.2, 0.25) is 0 Å². The number of amides is 1. The van der Waals surface area contributed by atoms with E-state index in [-0.39, 0.29) is 37.3 Å². The molecule has 3 aromatic rings. The van der Waals surface area contributed by atoms with Gasteiger partial charge in [-0.1, -0.05) is 81.3 Å². The van der Waals surface area contributed by atoms with E-state index >= 15 is 0 Å². The Bertz CT molecular complexity index is 1540. The van der Waals surface area contributed by atoms with Crippen LogP contribution in [-0.4, -0.2) is 44.5 Å². The van der Waals surface area contributed by atoms with E-state index in [1.54, 1.807) is 23.1 Å². The van der Waals surface area contributed by atoms with E-state index in [0.29, 0.717) is 24.3 Å². The maximum Gasteiger partial charge on any atom is 0.415 e. The average Bonchev–Trinajstić information content (AvgIpc) is 2.99. The van der Waals surface area contributed by atoms with E-state index < -0.39 is 27.3 Å². The number of cyclic esters (lactones) is 1. The van der Waals surface area contributed by atoms with Crippen LogP contribution >= 0.6 is 12.4 Å². The van der Waals surface area contributed by atoms with E-state index in [0.717, 1.165) is 48.8 Å². The molecule has 1 aliphatic rings. The molecule has 3 N–H and O–H groups in total. The van der Waals surface area contributed by atoms with E-state index in [1.807, 2.05) is 62.4 Å². The minimum absolute atomic E-state index is 0. The molecule has 11 heteroatoms. The van der Waals surface area contributed by atoms with Gasteiger partial charge in [0, 0.05) is 24.2 Å². The number of fused-ring (bicyclic) bond motifs is 1. The van der Waals surface area contributed by atoms with Gasteiger partial charge < -0.3 is 19.9 Å². The quantitative estimate of drug-likeness (QED) is 0.146. The first kappa shape index (κ1) is 37.2. The highest BCUT2D eigenvalue weighted by Crippen LogP contribution is 2.45. The summed E-state index contributed by atoms with van der Waals surface area (Å²) in [6, 6.07) is 22.6. The molecular formula is C35H48ClN3O6S. The number of rotatable bonds is 16. The van der Waals surface area contributed by atoms with Crippen molar-refractivity contribution in [3.63, 3.8) is 0 Å². The molecule has 0 bridgehead atoms. The van der Waals surface area contributed by atoms with Crippen molar-refractivity contribution in [3.05, 3.63) is 89.5 Å². The lowest BCUT2D eigenvalue weighted by molar-refractivity contribution is -0.00977. The van der Waals surface area contributed by atoms with Gasteiger partial charge in [0.25, 0.3) is 0 Å². The predicted molar refractivity (Wildman–Crippen MR) is 186 cm³/mol. The molecule has 3 aromatic carbocycles. The first-order chi connectivity index (χ1) is 21.4. The number of halogens is 1. The summed E-state index contributed by atoms with van der Waals surface area (Å²) in [6.45, 7) is 9.19. The Morgan fingerprint density at radius 1 is 1.00 bits per heavy atom. The summed E-state index contributed by atoms with van der Waals surface area (Å²) in [5, 5.41) is 14.5. The number of ether oxygens (including phenoxy) is 2. The molecule has 1 aliphatic heterocycles. The van der Waals surface area contributed by atoms with Crippen LogP contribution < -0.4 is 19.7 Å². The normalized spacial score (nSPS) is 14.9. The number of nitrogens with zero attached hydrogens (tertiary/aromatic N) is 1. The fourth-order valence-electron chi connectivity index (χ4n) is 5.85. The number of anilines is 2. The standard InChI is InChI=1S/C35H47N3O6S.ClH/c1-6-19-35(20-7-2)28-15-11-12-16-30(28)38(33(40)44-35)22-21-34(3,4)36-24-31(39)27-17-18-32(29(23-27)37-45(5,41)42)43-25-26-13-9-8-10-14-26;/h8-18,23,31,36-37,39H,6-7,19-22,24-25H2,1-5H3;1H. The molecule has 4 rings (SSSR count). The molecule has 9 nitrogen and oxygen atoms in total. The highest BCUT2D eigenvalue weighted by Gasteiger charge is 2.43. The summed E-state index contributed by atoms with van der Waals surface area (Å²) in [5.74, 6) is 0.365. The van der Waals surface area contributed by atoms with Gasteiger partial charge in [0.15, 0.2) is 0 Å². The second-order valence-corrected chi connectivity index (χ2v) is 14.2. The fourth-order valence-corrected chi connectivity index (χ4v) is 6.41. The lowest BCUT2D eigenvalue weighted by Crippen LogP contribution is -2.49. The molecule has 0 spiro atoms. The SMILES string of the molecule is CCCC1(CCC)OC(=O)N(CCC(C)(C)NCC(O)c2ccc(OCc3ccccc3)c(NS(C)(=O)=O)c2)c2ccccc21.Cl. The minimum Gasteiger partial charge on any atom is -0.487 e. The van der Waals surface area contributed by atoms with E-state index in [9.17, 15) is 18.3 Å². The molecule has 46 heavy (non-hydrogen) atoms. The van der Waals surface area contributed by atoms with Gasteiger partial charge in [-0.25, -0.2) is 13.2 Å². The summed E-state index contributed by atoms with van der Waals surface area (Å²) >= 11 is 0. The predicted octanol–water partition coefficient (Wildman–Crippen LogP) is 7.30. The fraction of sp³-hybridized carbons (Fsp3) is 0.457. The zero-order chi connectivity index (χ0) is 32.7. The van der Waals surface area contributed by atoms with Crippen LogP contribution in [0.5, 0.6) is 5.75 Å². The third-order valence-corrected chi connectivity index (χ3v) is 8.74. The van der Waals surface area contributed by atoms with Crippen molar-refractivity contribution in [1.82, 2.24) is 5.32 Å². The molecule has 0 radical (unpaired) electrons. The van der Waals surface area contributed by atoms with Crippen LogP contribution in [0.4, 0.5) is 16.2 Å². The second kappa shape index (κ2) is 16.0. The van der Waals surface area contributed by atoms with Crippen molar-refractivity contribution < 1.29 is 27.8 Å². The van der Waals surface area contributed by atoms with Crippen LogP contribution in [-0.2, 0) is 27.0 Å².